The maximum Gasteiger partial charge on any atom is 0.293 e. The summed E-state index contributed by atoms with van der Waals surface area (Å²) in [5.74, 6) is -0.250. The van der Waals surface area contributed by atoms with Gasteiger partial charge in [-0.2, -0.15) is 0 Å². The lowest BCUT2D eigenvalue weighted by molar-refractivity contribution is -0.123. The molecule has 0 saturated carbocycles. The summed E-state index contributed by atoms with van der Waals surface area (Å²) in [7, 11) is 0. The molecule has 1 fully saturated rings. The Morgan fingerprint density at radius 1 is 1.20 bits per heavy atom. The number of hydrogen-bond donors (Lipinski definition) is 0. The number of thioether (sulfide) groups is 1. The van der Waals surface area contributed by atoms with Crippen molar-refractivity contribution in [3.63, 3.8) is 0 Å². The molecule has 0 N–H and O–H groups in total. The Hall–Kier alpha value is -1.98. The largest absolute Gasteiger partial charge is 0.349 e. The van der Waals surface area contributed by atoms with E-state index in [4.69, 9.17) is 11.6 Å². The fourth-order valence-electron chi connectivity index (χ4n) is 2.81. The van der Waals surface area contributed by atoms with Crippen LogP contribution in [-0.2, 0) is 11.3 Å². The predicted octanol–water partition coefficient (Wildman–Crippen LogP) is 5.27. The first-order valence-electron chi connectivity index (χ1n) is 8.03. The monoisotopic (exact) mass is 374 g/mol. The number of aromatic nitrogens is 1. The van der Waals surface area contributed by atoms with Crippen molar-refractivity contribution >= 4 is 40.6 Å². The van der Waals surface area contributed by atoms with E-state index in [1.807, 2.05) is 31.3 Å². The van der Waals surface area contributed by atoms with Crippen molar-refractivity contribution in [3.8, 4) is 0 Å². The van der Waals surface area contributed by atoms with E-state index in [1.54, 1.807) is 18.2 Å². The van der Waals surface area contributed by atoms with Gasteiger partial charge in [-0.3, -0.25) is 14.5 Å². The summed E-state index contributed by atoms with van der Waals surface area (Å²) in [6, 6.07) is 9.52. The topological polar surface area (TPSA) is 42.3 Å². The van der Waals surface area contributed by atoms with E-state index in [0.717, 1.165) is 28.6 Å². The molecule has 1 aromatic heterocycles. The quantitative estimate of drug-likeness (QED) is 0.685. The van der Waals surface area contributed by atoms with Gasteiger partial charge in [-0.25, -0.2) is 0 Å². The molecule has 0 spiro atoms. The van der Waals surface area contributed by atoms with Crippen LogP contribution in [0.25, 0.3) is 6.08 Å². The van der Waals surface area contributed by atoms with Crippen molar-refractivity contribution in [1.29, 1.82) is 0 Å². The normalized spacial score (nSPS) is 16.5. The summed E-state index contributed by atoms with van der Waals surface area (Å²) in [5, 5.41) is 0.383. The molecular formula is C19H19ClN2O2S. The van der Waals surface area contributed by atoms with E-state index < -0.39 is 0 Å². The fraction of sp³-hybridized carbons (Fsp3) is 0.263. The van der Waals surface area contributed by atoms with Crippen LogP contribution in [0, 0.1) is 6.92 Å². The second-order valence-corrected chi connectivity index (χ2v) is 7.74. The third-order valence-electron chi connectivity index (χ3n) is 4.05. The molecule has 130 valence electrons. The first-order chi connectivity index (χ1) is 11.8. The molecule has 1 aromatic carbocycles. The molecule has 25 heavy (non-hydrogen) atoms. The van der Waals surface area contributed by atoms with E-state index in [-0.39, 0.29) is 17.7 Å². The summed E-state index contributed by atoms with van der Waals surface area (Å²) in [6.45, 7) is 6.50. The SMILES string of the molecule is Cc1cc(/C=C2/SC(=O)N(Cc3ccc(Cl)cc3)C2=O)cn1C(C)C. The van der Waals surface area contributed by atoms with Gasteiger partial charge < -0.3 is 4.57 Å². The lowest BCUT2D eigenvalue weighted by atomic mass is 10.2. The lowest BCUT2D eigenvalue weighted by Crippen LogP contribution is -2.27. The Morgan fingerprint density at radius 3 is 2.48 bits per heavy atom. The number of carbonyl (C=O) groups excluding carboxylic acids is 2. The molecule has 0 atom stereocenters. The highest BCUT2D eigenvalue weighted by atomic mass is 35.5. The summed E-state index contributed by atoms with van der Waals surface area (Å²) < 4.78 is 2.14. The summed E-state index contributed by atoms with van der Waals surface area (Å²) in [4.78, 5) is 26.6. The van der Waals surface area contributed by atoms with Gasteiger partial charge in [0.05, 0.1) is 11.4 Å². The first-order valence-corrected chi connectivity index (χ1v) is 9.23. The van der Waals surface area contributed by atoms with Crippen molar-refractivity contribution in [1.82, 2.24) is 9.47 Å². The molecule has 0 aliphatic carbocycles. The zero-order valence-electron chi connectivity index (χ0n) is 14.3. The van der Waals surface area contributed by atoms with Crippen molar-refractivity contribution in [2.75, 3.05) is 0 Å². The van der Waals surface area contributed by atoms with Crippen molar-refractivity contribution in [2.45, 2.75) is 33.4 Å². The zero-order chi connectivity index (χ0) is 18.1. The minimum absolute atomic E-state index is 0.244. The standard InChI is InChI=1S/C19H19ClN2O2S/c1-12(2)21-11-15(8-13(21)3)9-17-18(23)22(19(24)25-17)10-14-4-6-16(20)7-5-14/h4-9,11-12H,10H2,1-3H3/b17-9+. The summed E-state index contributed by atoms with van der Waals surface area (Å²) in [6.07, 6.45) is 3.80. The molecule has 1 aliphatic rings. The van der Waals surface area contributed by atoms with Gasteiger partial charge in [-0.15, -0.1) is 0 Å². The molecule has 3 rings (SSSR count). The van der Waals surface area contributed by atoms with Crippen molar-refractivity contribution in [2.24, 2.45) is 0 Å². The van der Waals surface area contributed by atoms with E-state index in [0.29, 0.717) is 16.0 Å². The number of halogens is 1. The smallest absolute Gasteiger partial charge is 0.293 e. The fourth-order valence-corrected chi connectivity index (χ4v) is 3.78. The minimum atomic E-state index is -0.250. The van der Waals surface area contributed by atoms with Gasteiger partial charge in [0.25, 0.3) is 11.1 Å². The lowest BCUT2D eigenvalue weighted by Gasteiger charge is -2.12. The summed E-state index contributed by atoms with van der Waals surface area (Å²) in [5.41, 5.74) is 2.93. The van der Waals surface area contributed by atoms with E-state index in [2.05, 4.69) is 18.4 Å². The maximum absolute atomic E-state index is 12.6. The number of imide groups is 1. The van der Waals surface area contributed by atoms with Gasteiger partial charge in [-0.1, -0.05) is 23.7 Å². The zero-order valence-corrected chi connectivity index (χ0v) is 15.9. The summed E-state index contributed by atoms with van der Waals surface area (Å²) >= 11 is 6.86. The second-order valence-electron chi connectivity index (χ2n) is 6.31. The van der Waals surface area contributed by atoms with Crippen LogP contribution in [0.2, 0.25) is 5.02 Å². The number of hydrogen-bond acceptors (Lipinski definition) is 3. The second kappa shape index (κ2) is 7.10. The van der Waals surface area contributed by atoms with Gasteiger partial charge in [0.15, 0.2) is 0 Å². The number of rotatable bonds is 4. The van der Waals surface area contributed by atoms with Gasteiger partial charge in [0.1, 0.15) is 0 Å². The Morgan fingerprint density at radius 2 is 1.88 bits per heavy atom. The molecule has 0 bridgehead atoms. The van der Waals surface area contributed by atoms with Crippen molar-refractivity contribution in [3.05, 3.63) is 63.3 Å². The molecule has 6 heteroatoms. The average molecular weight is 375 g/mol. The average Bonchev–Trinajstić information content (AvgIpc) is 3.04. The van der Waals surface area contributed by atoms with Crippen LogP contribution in [0.5, 0.6) is 0 Å². The van der Waals surface area contributed by atoms with Crippen LogP contribution in [0.4, 0.5) is 4.79 Å². The van der Waals surface area contributed by atoms with Crippen LogP contribution in [0.15, 0.2) is 41.4 Å². The number of benzene rings is 1. The van der Waals surface area contributed by atoms with Crippen LogP contribution >= 0.6 is 23.4 Å². The molecule has 2 heterocycles. The minimum Gasteiger partial charge on any atom is -0.349 e. The van der Waals surface area contributed by atoms with E-state index >= 15 is 0 Å². The molecule has 0 unspecified atom stereocenters. The predicted molar refractivity (Wildman–Crippen MR) is 103 cm³/mol. The Labute approximate surface area is 156 Å². The Bertz CT molecular complexity index is 853. The van der Waals surface area contributed by atoms with Gasteiger partial charge >= 0.3 is 0 Å². The highest BCUT2D eigenvalue weighted by molar-refractivity contribution is 8.18. The van der Waals surface area contributed by atoms with Crippen LogP contribution in [0.1, 0.15) is 36.7 Å². The number of carbonyl (C=O) groups is 2. The number of nitrogens with zero attached hydrogens (tertiary/aromatic N) is 2. The van der Waals surface area contributed by atoms with Crippen LogP contribution < -0.4 is 0 Å². The molecule has 0 radical (unpaired) electrons. The Balaban J connectivity index is 1.80. The van der Waals surface area contributed by atoms with Gasteiger partial charge in [0, 0.05) is 23.0 Å². The molecule has 1 saturated heterocycles. The van der Waals surface area contributed by atoms with Crippen molar-refractivity contribution < 1.29 is 9.59 Å². The van der Waals surface area contributed by atoms with Crippen LogP contribution in [0.3, 0.4) is 0 Å². The molecular weight excluding hydrogens is 356 g/mol. The number of aryl methyl sites for hydroxylation is 1. The third-order valence-corrected chi connectivity index (χ3v) is 5.21. The highest BCUT2D eigenvalue weighted by Gasteiger charge is 2.35. The van der Waals surface area contributed by atoms with E-state index in [9.17, 15) is 9.59 Å². The van der Waals surface area contributed by atoms with Gasteiger partial charge in [0.2, 0.25) is 0 Å². The molecule has 4 nitrogen and oxygen atoms in total. The van der Waals surface area contributed by atoms with Crippen LogP contribution in [-0.4, -0.2) is 20.6 Å². The molecule has 2 aromatic rings. The number of amides is 2. The Kier molecular flexibility index (Phi) is 5.06. The molecule has 1 aliphatic heterocycles. The highest BCUT2D eigenvalue weighted by Crippen LogP contribution is 2.33. The molecule has 2 amide bonds. The van der Waals surface area contributed by atoms with Gasteiger partial charge in [-0.05, 0) is 67.9 Å². The third kappa shape index (κ3) is 3.83. The first kappa shape index (κ1) is 17.8. The van der Waals surface area contributed by atoms with E-state index in [1.165, 1.54) is 4.90 Å². The maximum atomic E-state index is 12.6.